The van der Waals surface area contributed by atoms with E-state index in [0.717, 1.165) is 0 Å². The summed E-state index contributed by atoms with van der Waals surface area (Å²) >= 11 is 1.35. The lowest BCUT2D eigenvalue weighted by Crippen LogP contribution is -2.71. The minimum absolute atomic E-state index is 0.0786. The van der Waals surface area contributed by atoms with Crippen molar-refractivity contribution in [3.8, 4) is 11.5 Å². The number of nitrogens with two attached hydrogens (primary N) is 1. The zero-order valence-corrected chi connectivity index (χ0v) is 15.6. The molecule has 28 heavy (non-hydrogen) atoms. The van der Waals surface area contributed by atoms with Gasteiger partial charge < -0.3 is 26.4 Å². The number of carbonyl (C=O) groups is 3. The van der Waals surface area contributed by atoms with Crippen LogP contribution in [-0.4, -0.2) is 55.2 Å². The lowest BCUT2D eigenvalue weighted by atomic mass is 10.0. The standard InChI is InChI=1S/C18H19N3O6S/c1-2-3-9-7-28-17-13(16(25)21(17)14(9)18(26)27)20-15(24)12(19)8-4-5-10(22)11(23)6-8/h2-6,12-13,17,22-23H,7,19H2,1H3,(H,20,24)(H,26,27)/b3-2+/t12-,13-,17-/m1/s1. The molecule has 9 nitrogen and oxygen atoms in total. The van der Waals surface area contributed by atoms with Gasteiger partial charge in [0, 0.05) is 5.75 Å². The van der Waals surface area contributed by atoms with Crippen molar-refractivity contribution in [2.75, 3.05) is 5.75 Å². The lowest BCUT2D eigenvalue weighted by Gasteiger charge is -2.49. The first-order valence-corrected chi connectivity index (χ1v) is 9.42. The minimum atomic E-state index is -1.20. The molecule has 0 aromatic heterocycles. The number of fused-ring (bicyclic) bond motifs is 1. The number of nitrogens with zero attached hydrogens (tertiary/aromatic N) is 1. The zero-order valence-electron chi connectivity index (χ0n) is 14.8. The van der Waals surface area contributed by atoms with Crippen molar-refractivity contribution in [2.24, 2.45) is 5.73 Å². The van der Waals surface area contributed by atoms with Crippen LogP contribution in [-0.2, 0) is 14.4 Å². The van der Waals surface area contributed by atoms with E-state index >= 15 is 0 Å². The smallest absolute Gasteiger partial charge is 0.352 e. The molecule has 1 aromatic rings. The minimum Gasteiger partial charge on any atom is -0.504 e. The van der Waals surface area contributed by atoms with E-state index in [4.69, 9.17) is 5.73 Å². The molecule has 0 saturated carbocycles. The Labute approximate surface area is 164 Å². The molecule has 6 N–H and O–H groups in total. The average molecular weight is 405 g/mol. The van der Waals surface area contributed by atoms with Gasteiger partial charge in [-0.3, -0.25) is 14.5 Å². The number of hydrogen-bond acceptors (Lipinski definition) is 7. The average Bonchev–Trinajstić information content (AvgIpc) is 2.67. The third kappa shape index (κ3) is 3.32. The summed E-state index contributed by atoms with van der Waals surface area (Å²) in [6, 6.07) is 1.69. The summed E-state index contributed by atoms with van der Waals surface area (Å²) in [6.45, 7) is 1.76. The molecule has 0 bridgehead atoms. The van der Waals surface area contributed by atoms with Gasteiger partial charge >= 0.3 is 5.97 Å². The molecule has 2 heterocycles. The first-order valence-electron chi connectivity index (χ1n) is 8.38. The number of benzene rings is 1. The number of hydrogen-bond donors (Lipinski definition) is 5. The predicted molar refractivity (Wildman–Crippen MR) is 101 cm³/mol. The van der Waals surface area contributed by atoms with Gasteiger partial charge in [0.25, 0.3) is 5.91 Å². The summed E-state index contributed by atoms with van der Waals surface area (Å²) in [7, 11) is 0. The van der Waals surface area contributed by atoms with Gasteiger partial charge in [0.05, 0.1) is 0 Å². The highest BCUT2D eigenvalue weighted by Crippen LogP contribution is 2.40. The van der Waals surface area contributed by atoms with Crippen LogP contribution in [0.1, 0.15) is 18.5 Å². The van der Waals surface area contributed by atoms with Crippen molar-refractivity contribution in [2.45, 2.75) is 24.4 Å². The number of β-lactam (4-membered cyclic amide) rings is 1. The Morgan fingerprint density at radius 1 is 1.36 bits per heavy atom. The lowest BCUT2D eigenvalue weighted by molar-refractivity contribution is -0.150. The number of carbonyl (C=O) groups excluding carboxylic acids is 2. The number of aliphatic carboxylic acids is 1. The van der Waals surface area contributed by atoms with E-state index in [1.54, 1.807) is 19.1 Å². The van der Waals surface area contributed by atoms with Crippen LogP contribution in [0.2, 0.25) is 0 Å². The largest absolute Gasteiger partial charge is 0.504 e. The molecule has 3 atom stereocenters. The Bertz CT molecular complexity index is 913. The fourth-order valence-electron chi connectivity index (χ4n) is 3.10. The monoisotopic (exact) mass is 405 g/mol. The second-order valence-electron chi connectivity index (χ2n) is 6.30. The number of rotatable bonds is 5. The Hall–Kier alpha value is -2.98. The normalized spacial score (nSPS) is 22.6. The summed E-state index contributed by atoms with van der Waals surface area (Å²) in [5, 5.41) is 30.4. The molecular weight excluding hydrogens is 386 g/mol. The number of phenolic OH excluding ortho intramolecular Hbond substituents is 2. The van der Waals surface area contributed by atoms with Crippen molar-refractivity contribution in [3.63, 3.8) is 0 Å². The van der Waals surface area contributed by atoms with E-state index in [1.165, 1.54) is 34.9 Å². The molecule has 0 aliphatic carbocycles. The number of allylic oxidation sites excluding steroid dienone is 2. The molecule has 0 unspecified atom stereocenters. The Morgan fingerprint density at radius 3 is 2.68 bits per heavy atom. The molecule has 2 amide bonds. The van der Waals surface area contributed by atoms with Gasteiger partial charge in [-0.05, 0) is 30.2 Å². The number of carboxylic acid groups (broad SMARTS) is 1. The highest BCUT2D eigenvalue weighted by Gasteiger charge is 2.54. The summed E-state index contributed by atoms with van der Waals surface area (Å²) in [5.41, 5.74) is 6.60. The third-order valence-electron chi connectivity index (χ3n) is 4.51. The molecule has 2 aliphatic heterocycles. The fraction of sp³-hybridized carbons (Fsp3) is 0.278. The van der Waals surface area contributed by atoms with Crippen LogP contribution >= 0.6 is 11.8 Å². The first-order chi connectivity index (χ1) is 13.3. The number of aromatic hydroxyl groups is 2. The van der Waals surface area contributed by atoms with E-state index < -0.39 is 41.0 Å². The molecule has 3 rings (SSSR count). The highest BCUT2D eigenvalue weighted by atomic mass is 32.2. The molecular formula is C18H19N3O6S. The fourth-order valence-corrected chi connectivity index (χ4v) is 4.42. The number of thioether (sulfide) groups is 1. The van der Waals surface area contributed by atoms with E-state index in [2.05, 4.69) is 5.32 Å². The second kappa shape index (κ2) is 7.56. The molecule has 0 radical (unpaired) electrons. The second-order valence-corrected chi connectivity index (χ2v) is 7.41. The maximum absolute atomic E-state index is 12.5. The van der Waals surface area contributed by atoms with Gasteiger partial charge in [0.15, 0.2) is 11.5 Å². The number of nitrogens with one attached hydrogen (secondary N) is 1. The van der Waals surface area contributed by atoms with E-state index in [-0.39, 0.29) is 17.0 Å². The van der Waals surface area contributed by atoms with E-state index in [1.807, 2.05) is 0 Å². The van der Waals surface area contributed by atoms with Crippen LogP contribution in [0.25, 0.3) is 0 Å². The maximum atomic E-state index is 12.5. The van der Waals surface area contributed by atoms with Gasteiger partial charge in [0.2, 0.25) is 5.91 Å². The maximum Gasteiger partial charge on any atom is 0.352 e. The van der Waals surface area contributed by atoms with Gasteiger partial charge in [-0.1, -0.05) is 18.2 Å². The number of phenols is 2. The Morgan fingerprint density at radius 2 is 2.07 bits per heavy atom. The van der Waals surface area contributed by atoms with Crippen LogP contribution in [0.15, 0.2) is 41.6 Å². The van der Waals surface area contributed by atoms with Crippen molar-refractivity contribution < 1.29 is 29.7 Å². The topological polar surface area (TPSA) is 153 Å². The Balaban J connectivity index is 1.75. The quantitative estimate of drug-likeness (QED) is 0.349. The summed E-state index contributed by atoms with van der Waals surface area (Å²) in [5.74, 6) is -2.74. The van der Waals surface area contributed by atoms with E-state index in [9.17, 15) is 29.7 Å². The molecule has 0 spiro atoms. The molecule has 1 saturated heterocycles. The van der Waals surface area contributed by atoms with Crippen molar-refractivity contribution in [3.05, 3.63) is 47.2 Å². The molecule has 10 heteroatoms. The summed E-state index contributed by atoms with van der Waals surface area (Å²) in [4.78, 5) is 37.7. The molecule has 1 aromatic carbocycles. The van der Waals surface area contributed by atoms with Crippen LogP contribution in [0.4, 0.5) is 0 Å². The van der Waals surface area contributed by atoms with Crippen LogP contribution < -0.4 is 11.1 Å². The molecule has 1 fully saturated rings. The SMILES string of the molecule is C/C=C/C1=C(C(=O)O)N2C(=O)[C@@H](NC(=O)[C@H](N)c3ccc(O)c(O)c3)[C@H]2SC1. The van der Waals surface area contributed by atoms with Gasteiger partial charge in [-0.25, -0.2) is 4.79 Å². The summed E-state index contributed by atoms with van der Waals surface area (Å²) in [6.07, 6.45) is 3.36. The Kier molecular flexibility index (Phi) is 5.34. The van der Waals surface area contributed by atoms with Gasteiger partial charge in [-0.2, -0.15) is 0 Å². The van der Waals surface area contributed by atoms with Crippen molar-refractivity contribution in [1.82, 2.24) is 10.2 Å². The zero-order chi connectivity index (χ0) is 20.6. The van der Waals surface area contributed by atoms with Crippen LogP contribution in [0.5, 0.6) is 11.5 Å². The predicted octanol–water partition coefficient (Wildman–Crippen LogP) is 0.412. The van der Waals surface area contributed by atoms with Crippen molar-refractivity contribution in [1.29, 1.82) is 0 Å². The number of carboxylic acids is 1. The molecule has 2 aliphatic rings. The van der Waals surface area contributed by atoms with Gasteiger partial charge in [-0.15, -0.1) is 11.8 Å². The number of amides is 2. The summed E-state index contributed by atoms with van der Waals surface area (Å²) < 4.78 is 0. The van der Waals surface area contributed by atoms with Crippen molar-refractivity contribution >= 4 is 29.5 Å². The first kappa shape index (κ1) is 19.8. The highest BCUT2D eigenvalue weighted by molar-refractivity contribution is 8.00. The third-order valence-corrected chi connectivity index (χ3v) is 5.81. The van der Waals surface area contributed by atoms with E-state index in [0.29, 0.717) is 11.3 Å². The van der Waals surface area contributed by atoms with Gasteiger partial charge in [0.1, 0.15) is 23.2 Å². The van der Waals surface area contributed by atoms with Crippen LogP contribution in [0, 0.1) is 0 Å². The molecule has 148 valence electrons. The van der Waals surface area contributed by atoms with Crippen LogP contribution in [0.3, 0.4) is 0 Å².